The Labute approximate surface area is 155 Å². The maximum Gasteiger partial charge on any atom is 0.252 e. The summed E-state index contributed by atoms with van der Waals surface area (Å²) in [6.45, 7) is 3.76. The molecule has 0 unspecified atom stereocenters. The Balaban J connectivity index is 1.99. The monoisotopic (exact) mass is 353 g/mol. The number of hydrogen-bond acceptors (Lipinski definition) is 1. The van der Waals surface area contributed by atoms with E-state index in [0.717, 1.165) is 45.9 Å². The van der Waals surface area contributed by atoms with Gasteiger partial charge in [-0.15, -0.1) is 0 Å². The van der Waals surface area contributed by atoms with E-state index in [2.05, 4.69) is 58.2 Å². The van der Waals surface area contributed by atoms with Crippen LogP contribution in [-0.2, 0) is 13.1 Å². The van der Waals surface area contributed by atoms with E-state index in [1.165, 1.54) is 21.8 Å². The predicted octanol–water partition coefficient (Wildman–Crippen LogP) is 5.08. The van der Waals surface area contributed by atoms with Gasteiger partial charge in [0.15, 0.2) is 0 Å². The molecular formula is C23H19N3O. The summed E-state index contributed by atoms with van der Waals surface area (Å²) in [7, 11) is 0. The Morgan fingerprint density at radius 1 is 1.00 bits per heavy atom. The second kappa shape index (κ2) is 5.13. The number of carbonyl (C=O) groups excluding carboxylic acids is 1. The van der Waals surface area contributed by atoms with Gasteiger partial charge in [-0.05, 0) is 24.1 Å². The number of aryl methyl sites for hydroxylation is 1. The Morgan fingerprint density at radius 2 is 1.78 bits per heavy atom. The first-order chi connectivity index (χ1) is 13.3. The quantitative estimate of drug-likeness (QED) is 0.457. The average molecular weight is 353 g/mol. The van der Waals surface area contributed by atoms with Crippen LogP contribution in [0.3, 0.4) is 0 Å². The van der Waals surface area contributed by atoms with Crippen LogP contribution in [0.15, 0.2) is 48.5 Å². The molecule has 0 bridgehead atoms. The SMILES string of the molecule is CCCn1c2ccccc2c2c3c(c4c5ccccc5[nH]c4c21)C(=O)NC3. The first-order valence-electron chi connectivity index (χ1n) is 9.54. The van der Waals surface area contributed by atoms with E-state index < -0.39 is 0 Å². The lowest BCUT2D eigenvalue weighted by Gasteiger charge is -2.08. The molecule has 0 aliphatic carbocycles. The number of amides is 1. The molecule has 1 aliphatic rings. The fourth-order valence-corrected chi connectivity index (χ4v) is 4.86. The van der Waals surface area contributed by atoms with Crippen molar-refractivity contribution in [2.45, 2.75) is 26.4 Å². The number of H-pyrrole nitrogens is 1. The van der Waals surface area contributed by atoms with Crippen LogP contribution in [0, 0.1) is 0 Å². The molecule has 0 atom stereocenters. The maximum absolute atomic E-state index is 12.8. The second-order valence-corrected chi connectivity index (χ2v) is 7.35. The van der Waals surface area contributed by atoms with Gasteiger partial charge in [0.2, 0.25) is 0 Å². The van der Waals surface area contributed by atoms with Gasteiger partial charge in [0.1, 0.15) is 0 Å². The van der Waals surface area contributed by atoms with Crippen LogP contribution in [0.2, 0.25) is 0 Å². The summed E-state index contributed by atoms with van der Waals surface area (Å²) in [6, 6.07) is 16.8. The van der Waals surface area contributed by atoms with Crippen molar-refractivity contribution in [3.05, 3.63) is 59.7 Å². The minimum atomic E-state index is 0.0361. The first-order valence-corrected chi connectivity index (χ1v) is 9.54. The molecule has 27 heavy (non-hydrogen) atoms. The fourth-order valence-electron chi connectivity index (χ4n) is 4.86. The second-order valence-electron chi connectivity index (χ2n) is 7.35. The highest BCUT2D eigenvalue weighted by molar-refractivity contribution is 6.30. The number of carbonyl (C=O) groups is 1. The molecule has 0 saturated carbocycles. The molecule has 6 rings (SSSR count). The minimum absolute atomic E-state index is 0.0361. The summed E-state index contributed by atoms with van der Waals surface area (Å²) < 4.78 is 2.42. The van der Waals surface area contributed by atoms with E-state index in [9.17, 15) is 4.79 Å². The highest BCUT2D eigenvalue weighted by Gasteiger charge is 2.30. The summed E-state index contributed by atoms with van der Waals surface area (Å²) in [5.41, 5.74) is 6.59. The molecule has 0 spiro atoms. The number of hydrogen-bond donors (Lipinski definition) is 2. The van der Waals surface area contributed by atoms with Gasteiger partial charge >= 0.3 is 0 Å². The first kappa shape index (κ1) is 14.9. The number of para-hydroxylation sites is 2. The molecule has 1 amide bonds. The molecule has 0 fully saturated rings. The van der Waals surface area contributed by atoms with Crippen LogP contribution in [0.1, 0.15) is 29.3 Å². The van der Waals surface area contributed by atoms with Crippen molar-refractivity contribution in [2.24, 2.45) is 0 Å². The van der Waals surface area contributed by atoms with Crippen molar-refractivity contribution >= 4 is 49.5 Å². The van der Waals surface area contributed by atoms with E-state index in [0.29, 0.717) is 6.54 Å². The van der Waals surface area contributed by atoms with E-state index in [1.54, 1.807) is 0 Å². The van der Waals surface area contributed by atoms with Crippen LogP contribution >= 0.6 is 0 Å². The van der Waals surface area contributed by atoms with Gasteiger partial charge in [-0.1, -0.05) is 43.3 Å². The van der Waals surface area contributed by atoms with Gasteiger partial charge in [-0.3, -0.25) is 4.79 Å². The zero-order valence-electron chi connectivity index (χ0n) is 15.1. The lowest BCUT2D eigenvalue weighted by Crippen LogP contribution is -2.12. The van der Waals surface area contributed by atoms with Crippen molar-refractivity contribution in [3.63, 3.8) is 0 Å². The van der Waals surface area contributed by atoms with Crippen LogP contribution in [-0.4, -0.2) is 15.5 Å². The third kappa shape index (κ3) is 1.75. The lowest BCUT2D eigenvalue weighted by atomic mass is 9.97. The van der Waals surface area contributed by atoms with E-state index >= 15 is 0 Å². The van der Waals surface area contributed by atoms with Crippen molar-refractivity contribution in [2.75, 3.05) is 0 Å². The number of nitrogens with zero attached hydrogens (tertiary/aromatic N) is 1. The molecular weight excluding hydrogens is 334 g/mol. The summed E-state index contributed by atoms with van der Waals surface area (Å²) in [5.74, 6) is 0.0361. The molecule has 2 aromatic heterocycles. The van der Waals surface area contributed by atoms with Gasteiger partial charge in [-0.2, -0.15) is 0 Å². The Bertz CT molecular complexity index is 1400. The molecule has 0 saturated heterocycles. The Morgan fingerprint density at radius 3 is 2.63 bits per heavy atom. The van der Waals surface area contributed by atoms with E-state index in [-0.39, 0.29) is 5.91 Å². The van der Waals surface area contributed by atoms with Gasteiger partial charge in [0.25, 0.3) is 5.91 Å². The number of rotatable bonds is 2. The number of fused-ring (bicyclic) bond motifs is 10. The summed E-state index contributed by atoms with van der Waals surface area (Å²) >= 11 is 0. The van der Waals surface area contributed by atoms with Crippen molar-refractivity contribution in [1.82, 2.24) is 14.9 Å². The number of aromatic nitrogens is 2. The van der Waals surface area contributed by atoms with Crippen LogP contribution in [0.5, 0.6) is 0 Å². The molecule has 4 heteroatoms. The molecule has 3 aromatic carbocycles. The van der Waals surface area contributed by atoms with Crippen molar-refractivity contribution < 1.29 is 4.79 Å². The number of benzene rings is 3. The summed E-state index contributed by atoms with van der Waals surface area (Å²) in [5, 5.41) is 7.69. The van der Waals surface area contributed by atoms with Gasteiger partial charge < -0.3 is 14.9 Å². The average Bonchev–Trinajstić information content (AvgIpc) is 3.34. The summed E-state index contributed by atoms with van der Waals surface area (Å²) in [6.07, 6.45) is 1.06. The topological polar surface area (TPSA) is 49.8 Å². The van der Waals surface area contributed by atoms with Crippen LogP contribution in [0.4, 0.5) is 0 Å². The smallest absolute Gasteiger partial charge is 0.252 e. The Hall–Kier alpha value is -3.27. The highest BCUT2D eigenvalue weighted by atomic mass is 16.1. The van der Waals surface area contributed by atoms with E-state index in [1.807, 2.05) is 12.1 Å². The van der Waals surface area contributed by atoms with Crippen LogP contribution < -0.4 is 5.32 Å². The maximum atomic E-state index is 12.8. The molecule has 2 N–H and O–H groups in total. The number of aromatic amines is 1. The molecule has 0 radical (unpaired) electrons. The minimum Gasteiger partial charge on any atom is -0.353 e. The van der Waals surface area contributed by atoms with Crippen molar-refractivity contribution in [1.29, 1.82) is 0 Å². The molecule has 5 aromatic rings. The van der Waals surface area contributed by atoms with Gasteiger partial charge in [-0.25, -0.2) is 0 Å². The van der Waals surface area contributed by atoms with Crippen LogP contribution in [0.25, 0.3) is 43.6 Å². The standard InChI is InChI=1S/C23H19N3O/c1-2-11-26-17-10-6-4-8-14(17)18-15-12-24-23(27)20(15)19-13-7-3-5-9-16(13)25-21(19)22(18)26/h3-10,25H,2,11-12H2,1H3,(H,24,27). The fraction of sp³-hybridized carbons (Fsp3) is 0.174. The lowest BCUT2D eigenvalue weighted by molar-refractivity contribution is 0.0967. The summed E-state index contributed by atoms with van der Waals surface area (Å²) in [4.78, 5) is 16.4. The predicted molar refractivity (Wildman–Crippen MR) is 110 cm³/mol. The molecule has 4 nitrogen and oxygen atoms in total. The van der Waals surface area contributed by atoms with Gasteiger partial charge in [0.05, 0.1) is 16.6 Å². The molecule has 1 aliphatic heterocycles. The third-order valence-corrected chi connectivity index (χ3v) is 5.87. The largest absolute Gasteiger partial charge is 0.353 e. The molecule has 3 heterocycles. The van der Waals surface area contributed by atoms with Crippen molar-refractivity contribution in [3.8, 4) is 0 Å². The Kier molecular flexibility index (Phi) is 2.82. The number of nitrogens with one attached hydrogen (secondary N) is 2. The van der Waals surface area contributed by atoms with Gasteiger partial charge in [0, 0.05) is 45.7 Å². The van der Waals surface area contributed by atoms with E-state index in [4.69, 9.17) is 0 Å². The third-order valence-electron chi connectivity index (χ3n) is 5.87. The normalized spacial score (nSPS) is 13.9. The zero-order valence-corrected chi connectivity index (χ0v) is 15.1. The molecule has 132 valence electrons. The zero-order chi connectivity index (χ0) is 18.1. The highest BCUT2D eigenvalue weighted by Crippen LogP contribution is 2.43.